The van der Waals surface area contributed by atoms with Crippen molar-refractivity contribution >= 4 is 11.7 Å². The summed E-state index contributed by atoms with van der Waals surface area (Å²) in [6, 6.07) is 6.32. The second kappa shape index (κ2) is 5.87. The molecule has 1 aliphatic rings. The number of nitrogens with zero attached hydrogens (tertiary/aromatic N) is 1. The molecule has 0 aliphatic carbocycles. The molecule has 0 fully saturated rings. The molecular formula is C14H21N3O. The van der Waals surface area contributed by atoms with Gasteiger partial charge in [-0.1, -0.05) is 12.1 Å². The SMILES string of the molecule is CCNC(=O)N1CCCc2cc(CCN)ccc21. The van der Waals surface area contributed by atoms with Crippen LogP contribution in [0.15, 0.2) is 18.2 Å². The number of hydrogen-bond donors (Lipinski definition) is 2. The second-order valence-corrected chi connectivity index (χ2v) is 4.59. The summed E-state index contributed by atoms with van der Waals surface area (Å²) in [5.41, 5.74) is 9.15. The third kappa shape index (κ3) is 2.64. The Kier molecular flexibility index (Phi) is 4.20. The van der Waals surface area contributed by atoms with E-state index in [1.165, 1.54) is 11.1 Å². The average molecular weight is 247 g/mol. The number of carbonyl (C=O) groups is 1. The number of fused-ring (bicyclic) bond motifs is 1. The first-order chi connectivity index (χ1) is 8.76. The van der Waals surface area contributed by atoms with Gasteiger partial charge in [0.15, 0.2) is 0 Å². The van der Waals surface area contributed by atoms with Crippen LogP contribution in [-0.2, 0) is 12.8 Å². The first-order valence-corrected chi connectivity index (χ1v) is 6.63. The molecule has 0 saturated carbocycles. The van der Waals surface area contributed by atoms with E-state index in [9.17, 15) is 4.79 Å². The van der Waals surface area contributed by atoms with Crippen LogP contribution in [0, 0.1) is 0 Å². The van der Waals surface area contributed by atoms with Gasteiger partial charge in [0.05, 0.1) is 0 Å². The van der Waals surface area contributed by atoms with E-state index in [1.807, 2.05) is 11.8 Å². The third-order valence-corrected chi connectivity index (χ3v) is 3.27. The molecule has 2 amide bonds. The van der Waals surface area contributed by atoms with Crippen LogP contribution in [0.5, 0.6) is 0 Å². The van der Waals surface area contributed by atoms with Gasteiger partial charge in [-0.25, -0.2) is 4.79 Å². The van der Waals surface area contributed by atoms with Gasteiger partial charge in [0.1, 0.15) is 0 Å². The number of nitrogens with two attached hydrogens (primary N) is 1. The van der Waals surface area contributed by atoms with E-state index in [4.69, 9.17) is 5.73 Å². The Labute approximate surface area is 108 Å². The standard InChI is InChI=1S/C14H21N3O/c1-2-16-14(18)17-9-3-4-12-10-11(7-8-15)5-6-13(12)17/h5-6,10H,2-4,7-9,15H2,1H3,(H,16,18). The number of hydrogen-bond acceptors (Lipinski definition) is 2. The molecule has 0 aromatic heterocycles. The molecule has 0 atom stereocenters. The van der Waals surface area contributed by atoms with Gasteiger partial charge in [0, 0.05) is 18.8 Å². The van der Waals surface area contributed by atoms with Crippen LogP contribution in [0.1, 0.15) is 24.5 Å². The van der Waals surface area contributed by atoms with Crippen LogP contribution >= 0.6 is 0 Å². The van der Waals surface area contributed by atoms with E-state index in [-0.39, 0.29) is 6.03 Å². The second-order valence-electron chi connectivity index (χ2n) is 4.59. The zero-order valence-corrected chi connectivity index (χ0v) is 10.9. The van der Waals surface area contributed by atoms with Gasteiger partial charge >= 0.3 is 6.03 Å². The minimum Gasteiger partial charge on any atom is -0.338 e. The number of benzene rings is 1. The maximum absolute atomic E-state index is 12.0. The maximum atomic E-state index is 12.0. The fraction of sp³-hybridized carbons (Fsp3) is 0.500. The number of rotatable bonds is 3. The maximum Gasteiger partial charge on any atom is 0.321 e. The highest BCUT2D eigenvalue weighted by Gasteiger charge is 2.21. The highest BCUT2D eigenvalue weighted by molar-refractivity contribution is 5.93. The first kappa shape index (κ1) is 12.9. The number of nitrogens with one attached hydrogen (secondary N) is 1. The van der Waals surface area contributed by atoms with E-state index >= 15 is 0 Å². The number of amides is 2. The van der Waals surface area contributed by atoms with E-state index in [1.54, 1.807) is 0 Å². The first-order valence-electron chi connectivity index (χ1n) is 6.63. The lowest BCUT2D eigenvalue weighted by Crippen LogP contribution is -2.42. The van der Waals surface area contributed by atoms with Crippen LogP contribution in [0.3, 0.4) is 0 Å². The number of anilines is 1. The Morgan fingerprint density at radius 1 is 1.50 bits per heavy atom. The monoisotopic (exact) mass is 247 g/mol. The molecule has 2 rings (SSSR count). The lowest BCUT2D eigenvalue weighted by atomic mass is 9.98. The van der Waals surface area contributed by atoms with Crippen molar-refractivity contribution in [1.82, 2.24) is 5.32 Å². The Bertz CT molecular complexity index is 431. The van der Waals surface area contributed by atoms with Crippen LogP contribution in [0.4, 0.5) is 10.5 Å². The molecule has 98 valence electrons. The minimum absolute atomic E-state index is 0.00465. The van der Waals surface area contributed by atoms with Crippen molar-refractivity contribution in [3.8, 4) is 0 Å². The van der Waals surface area contributed by atoms with Crippen molar-refractivity contribution < 1.29 is 4.79 Å². The van der Waals surface area contributed by atoms with Crippen LogP contribution in [-0.4, -0.2) is 25.7 Å². The molecule has 4 nitrogen and oxygen atoms in total. The molecule has 0 bridgehead atoms. The van der Waals surface area contributed by atoms with Crippen molar-refractivity contribution in [2.45, 2.75) is 26.2 Å². The molecule has 1 aromatic rings. The van der Waals surface area contributed by atoms with Crippen molar-refractivity contribution in [2.24, 2.45) is 5.73 Å². The smallest absolute Gasteiger partial charge is 0.321 e. The highest BCUT2D eigenvalue weighted by atomic mass is 16.2. The largest absolute Gasteiger partial charge is 0.338 e. The zero-order chi connectivity index (χ0) is 13.0. The van der Waals surface area contributed by atoms with Gasteiger partial charge in [-0.2, -0.15) is 0 Å². The summed E-state index contributed by atoms with van der Waals surface area (Å²) < 4.78 is 0. The Morgan fingerprint density at radius 3 is 3.06 bits per heavy atom. The number of urea groups is 1. The van der Waals surface area contributed by atoms with Gasteiger partial charge in [-0.05, 0) is 49.9 Å². The van der Waals surface area contributed by atoms with E-state index in [0.717, 1.165) is 31.5 Å². The van der Waals surface area contributed by atoms with Crippen molar-refractivity contribution in [2.75, 3.05) is 24.5 Å². The lowest BCUT2D eigenvalue weighted by Gasteiger charge is -2.29. The molecule has 0 radical (unpaired) electrons. The molecule has 0 saturated heterocycles. The van der Waals surface area contributed by atoms with E-state index in [2.05, 4.69) is 23.5 Å². The van der Waals surface area contributed by atoms with Crippen LogP contribution in [0.2, 0.25) is 0 Å². The van der Waals surface area contributed by atoms with Crippen molar-refractivity contribution in [3.63, 3.8) is 0 Å². The molecule has 3 N–H and O–H groups in total. The number of aryl methyl sites for hydroxylation is 1. The Morgan fingerprint density at radius 2 is 2.33 bits per heavy atom. The molecule has 1 heterocycles. The Balaban J connectivity index is 2.24. The summed E-state index contributed by atoms with van der Waals surface area (Å²) in [5, 5.41) is 2.86. The predicted molar refractivity (Wildman–Crippen MR) is 73.9 cm³/mol. The van der Waals surface area contributed by atoms with Crippen molar-refractivity contribution in [1.29, 1.82) is 0 Å². The molecule has 18 heavy (non-hydrogen) atoms. The van der Waals surface area contributed by atoms with Crippen LogP contribution in [0.25, 0.3) is 0 Å². The van der Waals surface area contributed by atoms with Gasteiger partial charge < -0.3 is 11.1 Å². The quantitative estimate of drug-likeness (QED) is 0.853. The third-order valence-electron chi connectivity index (χ3n) is 3.27. The molecule has 1 aromatic carbocycles. The molecule has 1 aliphatic heterocycles. The molecule has 4 heteroatoms. The fourth-order valence-corrected chi connectivity index (χ4v) is 2.43. The van der Waals surface area contributed by atoms with Gasteiger partial charge in [-0.3, -0.25) is 4.90 Å². The summed E-state index contributed by atoms with van der Waals surface area (Å²) >= 11 is 0. The number of carbonyl (C=O) groups excluding carboxylic acids is 1. The zero-order valence-electron chi connectivity index (χ0n) is 10.9. The van der Waals surface area contributed by atoms with Crippen LogP contribution < -0.4 is 16.0 Å². The fourth-order valence-electron chi connectivity index (χ4n) is 2.43. The normalized spacial score (nSPS) is 14.2. The molecule has 0 spiro atoms. The summed E-state index contributed by atoms with van der Waals surface area (Å²) in [7, 11) is 0. The lowest BCUT2D eigenvalue weighted by molar-refractivity contribution is 0.246. The molecular weight excluding hydrogens is 226 g/mol. The minimum atomic E-state index is 0.00465. The molecule has 0 unspecified atom stereocenters. The highest BCUT2D eigenvalue weighted by Crippen LogP contribution is 2.28. The summed E-state index contributed by atoms with van der Waals surface area (Å²) in [4.78, 5) is 13.8. The van der Waals surface area contributed by atoms with Gasteiger partial charge in [0.25, 0.3) is 0 Å². The van der Waals surface area contributed by atoms with Crippen molar-refractivity contribution in [3.05, 3.63) is 29.3 Å². The predicted octanol–water partition coefficient (Wildman–Crippen LogP) is 1.67. The average Bonchev–Trinajstić information content (AvgIpc) is 2.38. The van der Waals surface area contributed by atoms with E-state index < -0.39 is 0 Å². The van der Waals surface area contributed by atoms with Gasteiger partial charge in [-0.15, -0.1) is 0 Å². The van der Waals surface area contributed by atoms with E-state index in [0.29, 0.717) is 13.1 Å². The topological polar surface area (TPSA) is 58.4 Å². The van der Waals surface area contributed by atoms with Gasteiger partial charge in [0.2, 0.25) is 0 Å². The summed E-state index contributed by atoms with van der Waals surface area (Å²) in [6.07, 6.45) is 2.97. The summed E-state index contributed by atoms with van der Waals surface area (Å²) in [6.45, 7) is 4.07. The summed E-state index contributed by atoms with van der Waals surface area (Å²) in [5.74, 6) is 0. The Hall–Kier alpha value is -1.55.